The summed E-state index contributed by atoms with van der Waals surface area (Å²) in [5, 5.41) is 5.50. The first-order valence-corrected chi connectivity index (χ1v) is 4.00. The highest BCUT2D eigenvalue weighted by atomic mass is 16.5. The number of nitrogens with zero attached hydrogens (tertiary/aromatic N) is 4. The average Bonchev–Trinajstić information content (AvgIpc) is 2.14. The van der Waals surface area contributed by atoms with Crippen LogP contribution in [0.25, 0.3) is 10.4 Å². The molecule has 0 spiro atoms. The van der Waals surface area contributed by atoms with Crippen molar-refractivity contribution in [2.45, 2.75) is 0 Å². The Balaban J connectivity index is 2.01. The van der Waals surface area contributed by atoms with E-state index in [2.05, 4.69) is 20.5 Å². The molecule has 0 aromatic carbocycles. The van der Waals surface area contributed by atoms with Gasteiger partial charge in [-0.2, -0.15) is 0 Å². The van der Waals surface area contributed by atoms with Gasteiger partial charge in [0.1, 0.15) is 0 Å². The van der Waals surface area contributed by atoms with Gasteiger partial charge in [-0.15, -0.1) is 0 Å². The van der Waals surface area contributed by atoms with Crippen LogP contribution >= 0.6 is 0 Å². The molecule has 0 aromatic heterocycles. The summed E-state index contributed by atoms with van der Waals surface area (Å²) in [7, 11) is 0. The monoisotopic (exact) mass is 171 g/mol. The minimum absolute atomic E-state index is 0.494. The van der Waals surface area contributed by atoms with Gasteiger partial charge in [0.25, 0.3) is 0 Å². The maximum Gasteiger partial charge on any atom is 0.0608 e. The molecule has 1 N–H and O–H groups in total. The quantitative estimate of drug-likeness (QED) is 0.283. The third-order valence-corrected chi connectivity index (χ3v) is 1.62. The Morgan fingerprint density at radius 3 is 2.92 bits per heavy atom. The van der Waals surface area contributed by atoms with Crippen LogP contribution in [0.2, 0.25) is 0 Å². The lowest BCUT2D eigenvalue weighted by molar-refractivity contribution is 0.0127. The Morgan fingerprint density at radius 1 is 1.50 bits per heavy atom. The Labute approximate surface area is 71.1 Å². The van der Waals surface area contributed by atoms with Crippen LogP contribution in [0.5, 0.6) is 0 Å². The second-order valence-corrected chi connectivity index (χ2v) is 2.46. The molecule has 0 atom stereocenters. The average molecular weight is 171 g/mol. The van der Waals surface area contributed by atoms with E-state index in [4.69, 9.17) is 10.3 Å². The molecule has 0 unspecified atom stereocenters. The molecule has 0 bridgehead atoms. The summed E-state index contributed by atoms with van der Waals surface area (Å²) in [5.74, 6) is 0. The third-order valence-electron chi connectivity index (χ3n) is 1.62. The Kier molecular flexibility index (Phi) is 4.48. The first-order chi connectivity index (χ1) is 5.93. The molecule has 0 amide bonds. The highest BCUT2D eigenvalue weighted by Gasteiger charge is 2.07. The first-order valence-electron chi connectivity index (χ1n) is 4.00. The van der Waals surface area contributed by atoms with E-state index < -0.39 is 0 Å². The van der Waals surface area contributed by atoms with Gasteiger partial charge in [0.2, 0.25) is 0 Å². The van der Waals surface area contributed by atoms with Gasteiger partial charge in [-0.05, 0) is 5.53 Å². The van der Waals surface area contributed by atoms with Crippen LogP contribution in [0.3, 0.4) is 0 Å². The maximum absolute atomic E-state index is 8.00. The lowest BCUT2D eigenvalue weighted by Crippen LogP contribution is -2.46. The van der Waals surface area contributed by atoms with Crippen molar-refractivity contribution in [3.8, 4) is 0 Å². The van der Waals surface area contributed by atoms with Gasteiger partial charge in [0.05, 0.1) is 13.2 Å². The van der Waals surface area contributed by atoms with Crippen LogP contribution in [0.4, 0.5) is 0 Å². The summed E-state index contributed by atoms with van der Waals surface area (Å²) in [6.45, 7) is 4.54. The molecule has 1 fully saturated rings. The second-order valence-electron chi connectivity index (χ2n) is 2.46. The molecule has 1 aliphatic heterocycles. The van der Waals surface area contributed by atoms with E-state index in [1.807, 2.05) is 0 Å². The Morgan fingerprint density at radius 2 is 2.25 bits per heavy atom. The van der Waals surface area contributed by atoms with E-state index in [1.165, 1.54) is 0 Å². The molecule has 1 aliphatic rings. The normalized spacial score (nSPS) is 18.7. The molecule has 1 saturated heterocycles. The third kappa shape index (κ3) is 3.54. The van der Waals surface area contributed by atoms with Crippen LogP contribution in [0.1, 0.15) is 0 Å². The molecular weight excluding hydrogens is 158 g/mol. The number of azide groups is 1. The SMILES string of the molecule is [N-]=[N+]=NCCNN1CCOCC1. The molecule has 0 aromatic rings. The van der Waals surface area contributed by atoms with Crippen molar-refractivity contribution in [3.05, 3.63) is 10.4 Å². The van der Waals surface area contributed by atoms with Crippen molar-refractivity contribution in [2.75, 3.05) is 39.4 Å². The zero-order valence-electron chi connectivity index (χ0n) is 6.94. The number of morpholine rings is 1. The molecule has 12 heavy (non-hydrogen) atoms. The number of hydrazine groups is 1. The van der Waals surface area contributed by atoms with Crippen molar-refractivity contribution < 1.29 is 4.74 Å². The van der Waals surface area contributed by atoms with E-state index in [1.54, 1.807) is 0 Å². The van der Waals surface area contributed by atoms with E-state index in [9.17, 15) is 0 Å². The van der Waals surface area contributed by atoms with Crippen LogP contribution in [0, 0.1) is 0 Å². The molecule has 0 aliphatic carbocycles. The molecule has 68 valence electrons. The smallest absolute Gasteiger partial charge is 0.0608 e. The summed E-state index contributed by atoms with van der Waals surface area (Å²) < 4.78 is 5.16. The number of nitrogens with one attached hydrogen (secondary N) is 1. The number of ether oxygens (including phenoxy) is 1. The van der Waals surface area contributed by atoms with Gasteiger partial charge >= 0.3 is 0 Å². The second kappa shape index (κ2) is 5.79. The lowest BCUT2D eigenvalue weighted by Gasteiger charge is -2.26. The summed E-state index contributed by atoms with van der Waals surface area (Å²) in [6, 6.07) is 0. The largest absolute Gasteiger partial charge is 0.379 e. The van der Waals surface area contributed by atoms with Crippen LogP contribution < -0.4 is 5.43 Å². The zero-order valence-corrected chi connectivity index (χ0v) is 6.94. The Bertz CT molecular complexity index is 161. The summed E-state index contributed by atoms with van der Waals surface area (Å²) in [4.78, 5) is 2.66. The molecule has 1 heterocycles. The van der Waals surface area contributed by atoms with Crippen molar-refractivity contribution in [1.29, 1.82) is 0 Å². The van der Waals surface area contributed by atoms with Crippen molar-refractivity contribution in [1.82, 2.24) is 10.4 Å². The predicted molar refractivity (Wildman–Crippen MR) is 44.4 cm³/mol. The van der Waals surface area contributed by atoms with Gasteiger partial charge in [0, 0.05) is 31.1 Å². The summed E-state index contributed by atoms with van der Waals surface area (Å²) in [6.07, 6.45) is 0. The van der Waals surface area contributed by atoms with E-state index in [-0.39, 0.29) is 0 Å². The highest BCUT2D eigenvalue weighted by Crippen LogP contribution is 1.91. The number of hydrogen-bond donors (Lipinski definition) is 1. The summed E-state index contributed by atoms with van der Waals surface area (Å²) >= 11 is 0. The molecule has 6 nitrogen and oxygen atoms in total. The lowest BCUT2D eigenvalue weighted by atomic mass is 10.5. The van der Waals surface area contributed by atoms with Gasteiger partial charge < -0.3 is 4.74 Å². The summed E-state index contributed by atoms with van der Waals surface area (Å²) in [5.41, 5.74) is 11.1. The minimum atomic E-state index is 0.494. The highest BCUT2D eigenvalue weighted by molar-refractivity contribution is 4.58. The maximum atomic E-state index is 8.00. The van der Waals surface area contributed by atoms with Crippen LogP contribution in [0.15, 0.2) is 5.11 Å². The molecule has 1 rings (SSSR count). The molecule has 0 saturated carbocycles. The number of rotatable bonds is 4. The fraction of sp³-hybridized carbons (Fsp3) is 1.00. The fourth-order valence-electron chi connectivity index (χ4n) is 1.02. The van der Waals surface area contributed by atoms with E-state index in [0.29, 0.717) is 13.1 Å². The van der Waals surface area contributed by atoms with Gasteiger partial charge in [-0.1, -0.05) is 5.11 Å². The molecule has 6 heteroatoms. The van der Waals surface area contributed by atoms with Crippen molar-refractivity contribution in [2.24, 2.45) is 5.11 Å². The Hall–Kier alpha value is -0.810. The van der Waals surface area contributed by atoms with Gasteiger partial charge in [-0.3, -0.25) is 5.43 Å². The van der Waals surface area contributed by atoms with Gasteiger partial charge in [0.15, 0.2) is 0 Å². The zero-order chi connectivity index (χ0) is 8.65. The van der Waals surface area contributed by atoms with Crippen LogP contribution in [-0.4, -0.2) is 44.4 Å². The molecular formula is C6H13N5O. The van der Waals surface area contributed by atoms with Crippen molar-refractivity contribution in [3.63, 3.8) is 0 Å². The topological polar surface area (TPSA) is 73.3 Å². The van der Waals surface area contributed by atoms with Crippen molar-refractivity contribution >= 4 is 0 Å². The van der Waals surface area contributed by atoms with Crippen LogP contribution in [-0.2, 0) is 4.74 Å². The molecule has 0 radical (unpaired) electrons. The first kappa shape index (κ1) is 9.28. The predicted octanol–water partition coefficient (Wildman–Crippen LogP) is 0.133. The van der Waals surface area contributed by atoms with E-state index in [0.717, 1.165) is 26.3 Å². The van der Waals surface area contributed by atoms with Gasteiger partial charge in [-0.25, -0.2) is 5.01 Å². The fourth-order valence-corrected chi connectivity index (χ4v) is 1.02. The van der Waals surface area contributed by atoms with E-state index >= 15 is 0 Å². The number of hydrogen-bond acceptors (Lipinski definition) is 4. The standard InChI is InChI=1S/C6H13N5O/c7-10-8-1-2-9-11-3-5-12-6-4-11/h9H,1-6H2. The minimum Gasteiger partial charge on any atom is -0.379 e.